The minimum Gasteiger partial charge on any atom is -0.454 e. The van der Waals surface area contributed by atoms with Crippen molar-refractivity contribution in [3.8, 4) is 11.5 Å². The molecule has 0 saturated heterocycles. The van der Waals surface area contributed by atoms with Crippen molar-refractivity contribution in [3.63, 3.8) is 0 Å². The van der Waals surface area contributed by atoms with Gasteiger partial charge in [-0.3, -0.25) is 14.2 Å². The van der Waals surface area contributed by atoms with E-state index in [2.05, 4.69) is 15.5 Å². The Kier molecular flexibility index (Phi) is 3.37. The average molecular weight is 327 g/mol. The number of anilines is 1. The van der Waals surface area contributed by atoms with Crippen molar-refractivity contribution in [2.24, 2.45) is 7.05 Å². The average Bonchev–Trinajstić information content (AvgIpc) is 3.24. The van der Waals surface area contributed by atoms with Gasteiger partial charge >= 0.3 is 0 Å². The first-order chi connectivity index (χ1) is 11.6. The van der Waals surface area contributed by atoms with Crippen LogP contribution in [-0.4, -0.2) is 32.3 Å². The Morgan fingerprint density at radius 2 is 2.17 bits per heavy atom. The molecule has 8 heteroatoms. The molecule has 0 spiro atoms. The van der Waals surface area contributed by atoms with Crippen molar-refractivity contribution in [2.75, 3.05) is 12.1 Å². The molecule has 1 N–H and O–H groups in total. The van der Waals surface area contributed by atoms with Crippen molar-refractivity contribution >= 4 is 22.6 Å². The van der Waals surface area contributed by atoms with Gasteiger partial charge in [-0.1, -0.05) is 0 Å². The zero-order valence-electron chi connectivity index (χ0n) is 13.4. The van der Waals surface area contributed by atoms with Crippen LogP contribution in [0.5, 0.6) is 11.5 Å². The fraction of sp³-hybridized carbons (Fsp3) is 0.312. The quantitative estimate of drug-likeness (QED) is 0.790. The molecule has 0 atom stereocenters. The van der Waals surface area contributed by atoms with E-state index in [-0.39, 0.29) is 12.7 Å². The summed E-state index contributed by atoms with van der Waals surface area (Å²) in [5.74, 6) is 1.26. The van der Waals surface area contributed by atoms with Gasteiger partial charge in [0.15, 0.2) is 11.5 Å². The molecule has 0 unspecified atom stereocenters. The van der Waals surface area contributed by atoms with Gasteiger partial charge in [-0.25, -0.2) is 0 Å². The highest BCUT2D eigenvalue weighted by Gasteiger charge is 2.15. The number of hydrogen-bond acceptors (Lipinski definition) is 5. The normalized spacial score (nSPS) is 12.8. The van der Waals surface area contributed by atoms with E-state index in [0.29, 0.717) is 30.2 Å². The van der Waals surface area contributed by atoms with E-state index in [1.54, 1.807) is 29.1 Å². The van der Waals surface area contributed by atoms with Crippen molar-refractivity contribution < 1.29 is 14.3 Å². The number of carbonyl (C=O) groups excluding carboxylic acids is 1. The van der Waals surface area contributed by atoms with Crippen molar-refractivity contribution in [1.29, 1.82) is 0 Å². The maximum Gasteiger partial charge on any atom is 0.231 e. The minimum atomic E-state index is -0.0842. The Labute approximate surface area is 138 Å². The van der Waals surface area contributed by atoms with E-state index in [0.717, 1.165) is 16.7 Å². The number of nitrogens with zero attached hydrogens (tertiary/aromatic N) is 4. The van der Waals surface area contributed by atoms with Crippen LogP contribution >= 0.6 is 0 Å². The standard InChI is InChI=1S/C16H17N5O3/c1-10-16-12(20(2)19-10)8-17-21(16)6-5-15(22)18-11-3-4-13-14(7-11)24-9-23-13/h3-4,7-8H,5-6,9H2,1-2H3,(H,18,22). The van der Waals surface area contributed by atoms with Crippen LogP contribution in [0, 0.1) is 6.92 Å². The lowest BCUT2D eigenvalue weighted by Crippen LogP contribution is -2.15. The number of benzene rings is 1. The molecule has 0 saturated carbocycles. The van der Waals surface area contributed by atoms with Gasteiger partial charge in [0.2, 0.25) is 12.7 Å². The zero-order chi connectivity index (χ0) is 16.7. The monoisotopic (exact) mass is 327 g/mol. The summed E-state index contributed by atoms with van der Waals surface area (Å²) < 4.78 is 14.2. The molecule has 124 valence electrons. The highest BCUT2D eigenvalue weighted by Crippen LogP contribution is 2.34. The fourth-order valence-electron chi connectivity index (χ4n) is 2.89. The third kappa shape index (κ3) is 2.45. The molecule has 8 nitrogen and oxygen atoms in total. The molecule has 0 radical (unpaired) electrons. The van der Waals surface area contributed by atoms with Crippen molar-refractivity contribution in [3.05, 3.63) is 30.1 Å². The van der Waals surface area contributed by atoms with E-state index in [9.17, 15) is 4.79 Å². The molecule has 3 heterocycles. The van der Waals surface area contributed by atoms with Crippen LogP contribution in [0.2, 0.25) is 0 Å². The van der Waals surface area contributed by atoms with E-state index < -0.39 is 0 Å². The van der Waals surface area contributed by atoms with Gasteiger partial charge in [-0.15, -0.1) is 0 Å². The zero-order valence-corrected chi connectivity index (χ0v) is 13.4. The fourth-order valence-corrected chi connectivity index (χ4v) is 2.89. The second kappa shape index (κ2) is 5.55. The number of aryl methyl sites for hydroxylation is 3. The number of fused-ring (bicyclic) bond motifs is 2. The molecular weight excluding hydrogens is 310 g/mol. The molecule has 0 fully saturated rings. The molecule has 24 heavy (non-hydrogen) atoms. The van der Waals surface area contributed by atoms with Gasteiger partial charge < -0.3 is 14.8 Å². The molecule has 0 bridgehead atoms. The number of amides is 1. The predicted molar refractivity (Wildman–Crippen MR) is 87.0 cm³/mol. The molecule has 2 aromatic heterocycles. The Morgan fingerprint density at radius 3 is 3.04 bits per heavy atom. The summed E-state index contributed by atoms with van der Waals surface area (Å²) >= 11 is 0. The second-order valence-electron chi connectivity index (χ2n) is 5.68. The summed E-state index contributed by atoms with van der Waals surface area (Å²) in [6, 6.07) is 5.34. The number of ether oxygens (including phenoxy) is 2. The number of carbonyl (C=O) groups is 1. The number of aromatic nitrogens is 4. The van der Waals surface area contributed by atoms with Crippen LogP contribution in [-0.2, 0) is 18.4 Å². The van der Waals surface area contributed by atoms with Crippen LogP contribution in [0.1, 0.15) is 12.1 Å². The van der Waals surface area contributed by atoms with Gasteiger partial charge in [0.1, 0.15) is 11.0 Å². The number of nitrogens with one attached hydrogen (secondary N) is 1. The number of rotatable bonds is 4. The maximum atomic E-state index is 12.2. The predicted octanol–water partition coefficient (Wildman–Crippen LogP) is 1.84. The third-order valence-electron chi connectivity index (χ3n) is 4.02. The van der Waals surface area contributed by atoms with Gasteiger partial charge in [0.25, 0.3) is 0 Å². The topological polar surface area (TPSA) is 83.2 Å². The van der Waals surface area contributed by atoms with Crippen LogP contribution < -0.4 is 14.8 Å². The molecular formula is C16H17N5O3. The summed E-state index contributed by atoms with van der Waals surface area (Å²) in [7, 11) is 1.88. The maximum absolute atomic E-state index is 12.2. The van der Waals surface area contributed by atoms with E-state index >= 15 is 0 Å². The third-order valence-corrected chi connectivity index (χ3v) is 4.02. The Balaban J connectivity index is 1.43. The molecule has 1 aliphatic rings. The highest BCUT2D eigenvalue weighted by molar-refractivity contribution is 5.91. The lowest BCUT2D eigenvalue weighted by molar-refractivity contribution is -0.116. The minimum absolute atomic E-state index is 0.0842. The Morgan fingerprint density at radius 1 is 1.33 bits per heavy atom. The lowest BCUT2D eigenvalue weighted by atomic mass is 10.2. The van der Waals surface area contributed by atoms with Crippen LogP contribution in [0.25, 0.3) is 11.0 Å². The van der Waals surface area contributed by atoms with Crippen LogP contribution in [0.4, 0.5) is 5.69 Å². The van der Waals surface area contributed by atoms with Crippen LogP contribution in [0.3, 0.4) is 0 Å². The summed E-state index contributed by atoms with van der Waals surface area (Å²) in [4.78, 5) is 12.2. The van der Waals surface area contributed by atoms with Crippen molar-refractivity contribution in [1.82, 2.24) is 19.6 Å². The lowest BCUT2D eigenvalue weighted by Gasteiger charge is -2.07. The molecule has 0 aliphatic carbocycles. The first-order valence-corrected chi connectivity index (χ1v) is 7.66. The number of hydrogen-bond donors (Lipinski definition) is 1. The smallest absolute Gasteiger partial charge is 0.231 e. The van der Waals surface area contributed by atoms with E-state index in [1.165, 1.54) is 0 Å². The van der Waals surface area contributed by atoms with E-state index in [1.807, 2.05) is 18.7 Å². The Hall–Kier alpha value is -3.03. The van der Waals surface area contributed by atoms with Gasteiger partial charge in [-0.05, 0) is 19.1 Å². The second-order valence-corrected chi connectivity index (χ2v) is 5.68. The molecule has 4 rings (SSSR count). The summed E-state index contributed by atoms with van der Waals surface area (Å²) in [5.41, 5.74) is 3.52. The molecule has 3 aromatic rings. The Bertz CT molecular complexity index is 927. The molecule has 1 aliphatic heterocycles. The van der Waals surface area contributed by atoms with Gasteiger partial charge in [0, 0.05) is 25.2 Å². The van der Waals surface area contributed by atoms with Gasteiger partial charge in [0.05, 0.1) is 18.4 Å². The summed E-state index contributed by atoms with van der Waals surface area (Å²) in [6.45, 7) is 2.64. The van der Waals surface area contributed by atoms with Crippen LogP contribution in [0.15, 0.2) is 24.4 Å². The highest BCUT2D eigenvalue weighted by atomic mass is 16.7. The molecule has 1 aromatic carbocycles. The summed E-state index contributed by atoms with van der Waals surface area (Å²) in [5, 5.41) is 11.6. The van der Waals surface area contributed by atoms with Gasteiger partial charge in [-0.2, -0.15) is 10.2 Å². The molecule has 1 amide bonds. The van der Waals surface area contributed by atoms with E-state index in [4.69, 9.17) is 9.47 Å². The largest absolute Gasteiger partial charge is 0.454 e. The first kappa shape index (κ1) is 14.6. The summed E-state index contributed by atoms with van der Waals surface area (Å²) in [6.07, 6.45) is 2.09. The first-order valence-electron chi connectivity index (χ1n) is 7.66. The van der Waals surface area contributed by atoms with Crippen molar-refractivity contribution in [2.45, 2.75) is 19.9 Å². The SMILES string of the molecule is Cc1nn(C)c2cnn(CCC(=O)Nc3ccc4c(c3)OCO4)c12.